The molecular weight excluding hydrogens is 438 g/mol. The number of para-hydroxylation sites is 1. The molecule has 2 aromatic carbocycles. The molecule has 4 rings (SSSR count). The van der Waals surface area contributed by atoms with E-state index in [1.54, 1.807) is 41.5 Å². The first-order valence-electron chi connectivity index (χ1n) is 10.8. The summed E-state index contributed by atoms with van der Waals surface area (Å²) in [5.41, 5.74) is 1.31. The molecular formula is C25H25N3O4S. The summed E-state index contributed by atoms with van der Waals surface area (Å²) < 4.78 is 11.1. The summed E-state index contributed by atoms with van der Waals surface area (Å²) in [4.78, 5) is 29.2. The number of hydrogen-bond donors (Lipinski definition) is 1. The fraction of sp³-hybridized carbons (Fsp3) is 0.240. The Morgan fingerprint density at radius 2 is 1.88 bits per heavy atom. The largest absolute Gasteiger partial charge is 0.494 e. The first kappa shape index (κ1) is 22.5. The summed E-state index contributed by atoms with van der Waals surface area (Å²) in [6, 6.07) is 19.3. The molecule has 2 amide bonds. The van der Waals surface area contributed by atoms with Gasteiger partial charge in [0.25, 0.3) is 5.91 Å². The maximum absolute atomic E-state index is 13.4. The second-order valence-electron chi connectivity index (χ2n) is 7.63. The van der Waals surface area contributed by atoms with E-state index >= 15 is 0 Å². The van der Waals surface area contributed by atoms with Crippen LogP contribution in [0, 0.1) is 0 Å². The van der Waals surface area contributed by atoms with E-state index < -0.39 is 6.04 Å². The van der Waals surface area contributed by atoms with Gasteiger partial charge >= 0.3 is 0 Å². The van der Waals surface area contributed by atoms with Crippen LogP contribution >= 0.6 is 12.2 Å². The topological polar surface area (TPSA) is 75.0 Å². The van der Waals surface area contributed by atoms with E-state index in [1.807, 2.05) is 43.3 Å². The molecule has 3 aromatic rings. The van der Waals surface area contributed by atoms with Gasteiger partial charge in [-0.3, -0.25) is 9.59 Å². The quantitative estimate of drug-likeness (QED) is 0.387. The molecule has 8 heteroatoms. The molecule has 33 heavy (non-hydrogen) atoms. The van der Waals surface area contributed by atoms with Crippen molar-refractivity contribution in [3.8, 4) is 5.75 Å². The Balaban J connectivity index is 1.56. The number of hydrogen-bond acceptors (Lipinski definition) is 5. The lowest BCUT2D eigenvalue weighted by molar-refractivity contribution is -0.122. The SMILES string of the molecule is CCCOc1ccc(N2C(=O)C[C@H](N(Cc3ccco3)C(=S)Nc3ccccc3)C2=O)cc1. The maximum Gasteiger partial charge on any atom is 0.257 e. The summed E-state index contributed by atoms with van der Waals surface area (Å²) in [5.74, 6) is 0.734. The van der Waals surface area contributed by atoms with Crippen molar-refractivity contribution in [3.63, 3.8) is 0 Å². The number of carbonyl (C=O) groups is 2. The minimum absolute atomic E-state index is 0.0181. The molecule has 2 heterocycles. The van der Waals surface area contributed by atoms with Crippen LogP contribution in [0.4, 0.5) is 11.4 Å². The smallest absolute Gasteiger partial charge is 0.257 e. The molecule has 1 aromatic heterocycles. The number of ether oxygens (including phenoxy) is 1. The number of carbonyl (C=O) groups excluding carboxylic acids is 2. The van der Waals surface area contributed by atoms with Gasteiger partial charge in [0.15, 0.2) is 5.11 Å². The molecule has 170 valence electrons. The van der Waals surface area contributed by atoms with Crippen molar-refractivity contribution in [1.82, 2.24) is 4.90 Å². The minimum Gasteiger partial charge on any atom is -0.494 e. The zero-order valence-corrected chi connectivity index (χ0v) is 19.1. The van der Waals surface area contributed by atoms with Crippen LogP contribution in [0.5, 0.6) is 5.75 Å². The Bertz CT molecular complexity index is 1100. The monoisotopic (exact) mass is 463 g/mol. The Morgan fingerprint density at radius 1 is 1.12 bits per heavy atom. The van der Waals surface area contributed by atoms with Gasteiger partial charge in [-0.15, -0.1) is 0 Å². The molecule has 0 bridgehead atoms. The van der Waals surface area contributed by atoms with Gasteiger partial charge in [-0.1, -0.05) is 25.1 Å². The predicted molar refractivity (Wildman–Crippen MR) is 130 cm³/mol. The number of anilines is 2. The first-order chi connectivity index (χ1) is 16.1. The van der Waals surface area contributed by atoms with Gasteiger partial charge in [-0.2, -0.15) is 0 Å². The Kier molecular flexibility index (Phi) is 7.04. The molecule has 1 aliphatic heterocycles. The van der Waals surface area contributed by atoms with E-state index in [2.05, 4.69) is 5.32 Å². The van der Waals surface area contributed by atoms with Crippen LogP contribution in [-0.2, 0) is 16.1 Å². The molecule has 1 saturated heterocycles. The summed E-state index contributed by atoms with van der Waals surface area (Å²) in [5, 5.41) is 3.51. The maximum atomic E-state index is 13.4. The van der Waals surface area contributed by atoms with E-state index in [1.165, 1.54) is 4.90 Å². The predicted octanol–water partition coefficient (Wildman–Crippen LogP) is 4.60. The first-order valence-corrected chi connectivity index (χ1v) is 11.2. The van der Waals surface area contributed by atoms with E-state index in [0.29, 0.717) is 28.9 Å². The Morgan fingerprint density at radius 3 is 2.55 bits per heavy atom. The van der Waals surface area contributed by atoms with Crippen LogP contribution in [-0.4, -0.2) is 34.5 Å². The van der Waals surface area contributed by atoms with E-state index in [-0.39, 0.29) is 24.8 Å². The fourth-order valence-corrected chi connectivity index (χ4v) is 3.96. The number of imide groups is 1. The van der Waals surface area contributed by atoms with Crippen molar-refractivity contribution in [1.29, 1.82) is 0 Å². The molecule has 0 spiro atoms. The van der Waals surface area contributed by atoms with Gasteiger partial charge in [0.1, 0.15) is 17.6 Å². The van der Waals surface area contributed by atoms with E-state index in [0.717, 1.165) is 12.1 Å². The number of furan rings is 1. The summed E-state index contributed by atoms with van der Waals surface area (Å²) in [6.45, 7) is 2.89. The van der Waals surface area contributed by atoms with Crippen LogP contribution in [0.25, 0.3) is 0 Å². The van der Waals surface area contributed by atoms with Crippen molar-refractivity contribution in [3.05, 3.63) is 78.8 Å². The highest BCUT2D eigenvalue weighted by molar-refractivity contribution is 7.80. The van der Waals surface area contributed by atoms with Crippen molar-refractivity contribution in [2.45, 2.75) is 32.4 Å². The molecule has 1 fully saturated rings. The lowest BCUT2D eigenvalue weighted by Gasteiger charge is -2.29. The zero-order chi connectivity index (χ0) is 23.2. The molecule has 0 saturated carbocycles. The van der Waals surface area contributed by atoms with Crippen LogP contribution in [0.1, 0.15) is 25.5 Å². The van der Waals surface area contributed by atoms with Crippen LogP contribution < -0.4 is 15.0 Å². The van der Waals surface area contributed by atoms with Crippen molar-refractivity contribution < 1.29 is 18.7 Å². The second kappa shape index (κ2) is 10.3. The summed E-state index contributed by atoms with van der Waals surface area (Å²) in [6.07, 6.45) is 2.48. The third-order valence-corrected chi connectivity index (χ3v) is 5.60. The van der Waals surface area contributed by atoms with Gasteiger partial charge in [-0.25, -0.2) is 4.90 Å². The third kappa shape index (κ3) is 5.23. The normalized spacial score (nSPS) is 15.5. The lowest BCUT2D eigenvalue weighted by atomic mass is 10.2. The van der Waals surface area contributed by atoms with E-state index in [9.17, 15) is 9.59 Å². The second-order valence-corrected chi connectivity index (χ2v) is 8.02. The number of amides is 2. The average molecular weight is 464 g/mol. The van der Waals surface area contributed by atoms with Crippen molar-refractivity contribution >= 4 is 40.5 Å². The molecule has 0 radical (unpaired) electrons. The highest BCUT2D eigenvalue weighted by Crippen LogP contribution is 2.29. The minimum atomic E-state index is -0.748. The third-order valence-electron chi connectivity index (χ3n) is 5.26. The van der Waals surface area contributed by atoms with Gasteiger partial charge in [-0.05, 0) is 67.2 Å². The average Bonchev–Trinajstić information content (AvgIpc) is 3.44. The standard InChI is InChI=1S/C25H25N3O4S/c1-2-14-31-20-12-10-19(11-13-20)28-23(29)16-22(24(28)30)27(17-21-9-6-15-32-21)25(33)26-18-7-4-3-5-8-18/h3-13,15,22H,2,14,16-17H2,1H3,(H,26,33)/t22-/m0/s1. The number of benzene rings is 2. The molecule has 7 nitrogen and oxygen atoms in total. The molecule has 0 unspecified atom stereocenters. The van der Waals surface area contributed by atoms with Crippen LogP contribution in [0.3, 0.4) is 0 Å². The number of nitrogens with one attached hydrogen (secondary N) is 1. The number of thiocarbonyl (C=S) groups is 1. The van der Waals surface area contributed by atoms with Gasteiger partial charge in [0.2, 0.25) is 5.91 Å². The van der Waals surface area contributed by atoms with Crippen molar-refractivity contribution in [2.75, 3.05) is 16.8 Å². The van der Waals surface area contributed by atoms with E-state index in [4.69, 9.17) is 21.4 Å². The van der Waals surface area contributed by atoms with Crippen molar-refractivity contribution in [2.24, 2.45) is 0 Å². The fourth-order valence-electron chi connectivity index (χ4n) is 3.65. The Hall–Kier alpha value is -3.65. The summed E-state index contributed by atoms with van der Waals surface area (Å²) in [7, 11) is 0. The highest BCUT2D eigenvalue weighted by Gasteiger charge is 2.44. The molecule has 1 N–H and O–H groups in total. The zero-order valence-electron chi connectivity index (χ0n) is 18.3. The number of rotatable bonds is 8. The van der Waals surface area contributed by atoms with Crippen LogP contribution in [0.2, 0.25) is 0 Å². The summed E-state index contributed by atoms with van der Waals surface area (Å²) >= 11 is 5.65. The Labute approximate surface area is 197 Å². The molecule has 1 aliphatic rings. The lowest BCUT2D eigenvalue weighted by Crippen LogP contribution is -2.46. The molecule has 0 aliphatic carbocycles. The van der Waals surface area contributed by atoms with Gasteiger partial charge in [0.05, 0.1) is 31.5 Å². The molecule has 1 atom stereocenters. The number of nitrogens with zero attached hydrogens (tertiary/aromatic N) is 2. The van der Waals surface area contributed by atoms with Gasteiger partial charge in [0, 0.05) is 5.69 Å². The van der Waals surface area contributed by atoms with Gasteiger partial charge < -0.3 is 19.4 Å². The highest BCUT2D eigenvalue weighted by atomic mass is 32.1. The van der Waals surface area contributed by atoms with Crippen LogP contribution in [0.15, 0.2) is 77.4 Å².